The first-order chi connectivity index (χ1) is 14.8. The van der Waals surface area contributed by atoms with E-state index in [0.717, 1.165) is 44.0 Å². The molecule has 30 heavy (non-hydrogen) atoms. The Balaban J connectivity index is 1.31. The highest BCUT2D eigenvalue weighted by atomic mass is 16.5. The summed E-state index contributed by atoms with van der Waals surface area (Å²) in [5.41, 5.74) is 3.81. The van der Waals surface area contributed by atoms with Gasteiger partial charge in [-0.2, -0.15) is 0 Å². The molecule has 0 aliphatic carbocycles. The number of ether oxygens (including phenoxy) is 1. The van der Waals surface area contributed by atoms with E-state index < -0.39 is 0 Å². The molecule has 2 saturated heterocycles. The van der Waals surface area contributed by atoms with Gasteiger partial charge in [-0.25, -0.2) is 0 Å². The van der Waals surface area contributed by atoms with Crippen molar-refractivity contribution in [1.82, 2.24) is 9.80 Å². The van der Waals surface area contributed by atoms with Gasteiger partial charge in [0.05, 0.1) is 6.61 Å². The molecule has 4 heteroatoms. The van der Waals surface area contributed by atoms with Gasteiger partial charge in [-0.3, -0.25) is 4.90 Å². The third-order valence-electron chi connectivity index (χ3n) is 7.22. The number of piperidine rings is 1. The summed E-state index contributed by atoms with van der Waals surface area (Å²) in [5.74, 6) is 1.63. The number of aromatic hydroxyl groups is 1. The molecule has 3 aliphatic rings. The second-order valence-corrected chi connectivity index (χ2v) is 9.16. The van der Waals surface area contributed by atoms with Crippen molar-refractivity contribution in [2.45, 2.75) is 50.5 Å². The molecule has 5 rings (SSSR count). The Hall–Kier alpha value is -2.04. The Labute approximate surface area is 180 Å². The molecule has 2 fully saturated rings. The number of para-hydroxylation sites is 1. The molecule has 1 N–H and O–H groups in total. The molecule has 3 aliphatic heterocycles. The molecule has 0 bridgehead atoms. The molecule has 0 radical (unpaired) electrons. The van der Waals surface area contributed by atoms with Crippen molar-refractivity contribution in [3.8, 4) is 11.5 Å². The van der Waals surface area contributed by atoms with Gasteiger partial charge in [-0.15, -0.1) is 0 Å². The first kappa shape index (κ1) is 19.9. The number of fused-ring (bicyclic) bond motifs is 3. The van der Waals surface area contributed by atoms with Gasteiger partial charge in [0, 0.05) is 30.6 Å². The molecular weight excluding hydrogens is 372 g/mol. The van der Waals surface area contributed by atoms with Gasteiger partial charge in [0.2, 0.25) is 0 Å². The minimum Gasteiger partial charge on any atom is -0.508 e. The van der Waals surface area contributed by atoms with Crippen LogP contribution in [-0.2, 0) is 0 Å². The van der Waals surface area contributed by atoms with E-state index in [0.29, 0.717) is 11.8 Å². The van der Waals surface area contributed by atoms with Crippen LogP contribution in [0.2, 0.25) is 0 Å². The van der Waals surface area contributed by atoms with Crippen LogP contribution in [0.15, 0.2) is 42.5 Å². The molecule has 2 aromatic rings. The SMILES string of the molecule is Oc1ccccc1[C@H]1CN2CCC[C@@H]2c2cc(OCCCN3CCCCC3)ccc21. The van der Waals surface area contributed by atoms with Gasteiger partial charge in [0.15, 0.2) is 0 Å². The van der Waals surface area contributed by atoms with Crippen molar-refractivity contribution in [3.63, 3.8) is 0 Å². The molecule has 2 aromatic carbocycles. The van der Waals surface area contributed by atoms with E-state index in [2.05, 4.69) is 34.1 Å². The maximum absolute atomic E-state index is 10.5. The van der Waals surface area contributed by atoms with Crippen LogP contribution in [0, 0.1) is 0 Å². The summed E-state index contributed by atoms with van der Waals surface area (Å²) >= 11 is 0. The fourth-order valence-corrected chi connectivity index (χ4v) is 5.69. The molecule has 0 spiro atoms. The number of phenols is 1. The Kier molecular flexibility index (Phi) is 5.96. The van der Waals surface area contributed by atoms with Crippen molar-refractivity contribution in [1.29, 1.82) is 0 Å². The molecule has 160 valence electrons. The van der Waals surface area contributed by atoms with Crippen LogP contribution in [0.25, 0.3) is 0 Å². The topological polar surface area (TPSA) is 35.9 Å². The van der Waals surface area contributed by atoms with Gasteiger partial charge >= 0.3 is 0 Å². The maximum Gasteiger partial charge on any atom is 0.119 e. The quantitative estimate of drug-likeness (QED) is 0.690. The van der Waals surface area contributed by atoms with Gasteiger partial charge < -0.3 is 14.7 Å². The first-order valence-corrected chi connectivity index (χ1v) is 11.8. The molecule has 0 aromatic heterocycles. The maximum atomic E-state index is 10.5. The summed E-state index contributed by atoms with van der Waals surface area (Å²) in [4.78, 5) is 5.17. The number of benzene rings is 2. The van der Waals surface area contributed by atoms with Crippen LogP contribution in [0.1, 0.15) is 67.2 Å². The third-order valence-corrected chi connectivity index (χ3v) is 7.22. The summed E-state index contributed by atoms with van der Waals surface area (Å²) in [6.45, 7) is 6.58. The minimum atomic E-state index is 0.226. The molecule has 3 heterocycles. The molecular formula is C26H34N2O2. The Morgan fingerprint density at radius 2 is 1.77 bits per heavy atom. The van der Waals surface area contributed by atoms with Crippen LogP contribution in [0.3, 0.4) is 0 Å². The summed E-state index contributed by atoms with van der Waals surface area (Å²) in [6, 6.07) is 15.0. The van der Waals surface area contributed by atoms with Gasteiger partial charge in [0.1, 0.15) is 11.5 Å². The zero-order valence-corrected chi connectivity index (χ0v) is 17.9. The van der Waals surface area contributed by atoms with E-state index in [1.807, 2.05) is 18.2 Å². The number of phenolic OH excluding ortho intramolecular Hbond substituents is 1. The van der Waals surface area contributed by atoms with Crippen LogP contribution < -0.4 is 4.74 Å². The second kappa shape index (κ2) is 8.99. The Morgan fingerprint density at radius 1 is 0.900 bits per heavy atom. The first-order valence-electron chi connectivity index (χ1n) is 11.8. The highest BCUT2D eigenvalue weighted by Gasteiger charge is 2.37. The van der Waals surface area contributed by atoms with Gasteiger partial charge in [-0.05, 0) is 81.1 Å². The van der Waals surface area contributed by atoms with Crippen molar-refractivity contribution < 1.29 is 9.84 Å². The molecule has 4 nitrogen and oxygen atoms in total. The smallest absolute Gasteiger partial charge is 0.119 e. The highest BCUT2D eigenvalue weighted by Crippen LogP contribution is 2.46. The van der Waals surface area contributed by atoms with Crippen LogP contribution >= 0.6 is 0 Å². The normalized spacial score (nSPS) is 24.4. The highest BCUT2D eigenvalue weighted by molar-refractivity contribution is 5.49. The molecule has 0 saturated carbocycles. The largest absolute Gasteiger partial charge is 0.508 e. The summed E-state index contributed by atoms with van der Waals surface area (Å²) in [6.07, 6.45) is 7.65. The Morgan fingerprint density at radius 3 is 2.63 bits per heavy atom. The summed E-state index contributed by atoms with van der Waals surface area (Å²) in [5, 5.41) is 10.5. The predicted octanol–water partition coefficient (Wildman–Crippen LogP) is 4.93. The number of hydrogen-bond acceptors (Lipinski definition) is 4. The monoisotopic (exact) mass is 406 g/mol. The van der Waals surface area contributed by atoms with Crippen LogP contribution in [0.4, 0.5) is 0 Å². The summed E-state index contributed by atoms with van der Waals surface area (Å²) in [7, 11) is 0. The van der Waals surface area contributed by atoms with Crippen LogP contribution in [0.5, 0.6) is 11.5 Å². The molecule has 2 atom stereocenters. The fourth-order valence-electron chi connectivity index (χ4n) is 5.69. The predicted molar refractivity (Wildman–Crippen MR) is 120 cm³/mol. The Bertz CT molecular complexity index is 862. The van der Waals surface area contributed by atoms with E-state index in [9.17, 15) is 5.11 Å². The van der Waals surface area contributed by atoms with E-state index in [-0.39, 0.29) is 5.92 Å². The van der Waals surface area contributed by atoms with Crippen molar-refractivity contribution in [2.24, 2.45) is 0 Å². The number of rotatable bonds is 6. The van der Waals surface area contributed by atoms with E-state index in [4.69, 9.17) is 4.74 Å². The second-order valence-electron chi connectivity index (χ2n) is 9.16. The lowest BCUT2D eigenvalue weighted by molar-refractivity contribution is 0.204. The van der Waals surface area contributed by atoms with E-state index in [1.54, 1.807) is 0 Å². The summed E-state index contributed by atoms with van der Waals surface area (Å²) < 4.78 is 6.18. The number of likely N-dealkylation sites (tertiary alicyclic amines) is 1. The fraction of sp³-hybridized carbons (Fsp3) is 0.538. The molecule has 0 amide bonds. The van der Waals surface area contributed by atoms with Crippen molar-refractivity contribution in [2.75, 3.05) is 39.3 Å². The average Bonchev–Trinajstić information content (AvgIpc) is 3.26. The third kappa shape index (κ3) is 4.08. The number of nitrogens with zero attached hydrogens (tertiary/aromatic N) is 2. The van der Waals surface area contributed by atoms with Gasteiger partial charge in [0.25, 0.3) is 0 Å². The standard InChI is InChI=1S/C26H34N2O2/c29-26-10-3-2-8-22(26)24-19-28-16-6-9-25(28)23-18-20(11-12-21(23)24)30-17-7-15-27-13-4-1-5-14-27/h2-3,8,10-12,18,24-25,29H,1,4-7,9,13-17,19H2/t24-,25+/m0/s1. The zero-order chi connectivity index (χ0) is 20.3. The average molecular weight is 407 g/mol. The van der Waals surface area contributed by atoms with Crippen molar-refractivity contribution >= 4 is 0 Å². The van der Waals surface area contributed by atoms with Crippen LogP contribution in [-0.4, -0.2) is 54.2 Å². The lowest BCUT2D eigenvalue weighted by Crippen LogP contribution is -2.34. The number of hydrogen-bond donors (Lipinski definition) is 1. The van der Waals surface area contributed by atoms with E-state index >= 15 is 0 Å². The van der Waals surface area contributed by atoms with Crippen molar-refractivity contribution in [3.05, 3.63) is 59.2 Å². The molecule has 0 unspecified atom stereocenters. The minimum absolute atomic E-state index is 0.226. The lowest BCUT2D eigenvalue weighted by Gasteiger charge is -2.38. The van der Waals surface area contributed by atoms with Gasteiger partial charge in [-0.1, -0.05) is 30.7 Å². The van der Waals surface area contributed by atoms with E-state index in [1.165, 1.54) is 56.3 Å². The zero-order valence-electron chi connectivity index (χ0n) is 17.9. The lowest BCUT2D eigenvalue weighted by atomic mass is 9.81.